The number of hydrogen-bond acceptors (Lipinski definition) is 5. The fourth-order valence-corrected chi connectivity index (χ4v) is 3.32. The number of amides is 1. The molecule has 0 bridgehead atoms. The molecule has 2 heterocycles. The van der Waals surface area contributed by atoms with Gasteiger partial charge in [0, 0.05) is 35.6 Å². The Hall–Kier alpha value is -3.58. The van der Waals surface area contributed by atoms with Gasteiger partial charge >= 0.3 is 0 Å². The summed E-state index contributed by atoms with van der Waals surface area (Å²) in [5, 5.41) is 9.24. The highest BCUT2D eigenvalue weighted by Crippen LogP contribution is 2.36. The van der Waals surface area contributed by atoms with Crippen LogP contribution in [0.3, 0.4) is 0 Å². The van der Waals surface area contributed by atoms with Gasteiger partial charge in [-0.15, -0.1) is 0 Å². The van der Waals surface area contributed by atoms with E-state index in [9.17, 15) is 4.79 Å². The quantitative estimate of drug-likeness (QED) is 0.518. The number of benzene rings is 2. The number of aryl methyl sites for hydroxylation is 1. The second kappa shape index (κ2) is 7.44. The van der Waals surface area contributed by atoms with E-state index in [4.69, 9.17) is 22.1 Å². The second-order valence-corrected chi connectivity index (χ2v) is 6.88. The van der Waals surface area contributed by atoms with Crippen LogP contribution in [0.2, 0.25) is 5.02 Å². The van der Waals surface area contributed by atoms with Gasteiger partial charge in [-0.3, -0.25) is 4.79 Å². The Labute approximate surface area is 172 Å². The van der Waals surface area contributed by atoms with E-state index in [0.717, 1.165) is 11.3 Å². The van der Waals surface area contributed by atoms with E-state index in [0.29, 0.717) is 33.2 Å². The Balaban J connectivity index is 1.98. The Morgan fingerprint density at radius 3 is 2.66 bits per heavy atom. The number of carbonyl (C=O) groups excluding carboxylic acids is 1. The SMILES string of the molecule is COc1cccc(Nc2c(C(N)=O)cnc3c2c(-c2ccc(Cl)cc2)nn3C)c1. The van der Waals surface area contributed by atoms with Gasteiger partial charge in [-0.25, -0.2) is 9.67 Å². The lowest BCUT2D eigenvalue weighted by Crippen LogP contribution is -2.14. The number of nitrogens with one attached hydrogen (secondary N) is 1. The van der Waals surface area contributed by atoms with Crippen LogP contribution in [0, 0.1) is 0 Å². The Bertz CT molecular complexity index is 1220. The van der Waals surface area contributed by atoms with Crippen molar-refractivity contribution in [2.45, 2.75) is 0 Å². The molecule has 146 valence electrons. The fourth-order valence-electron chi connectivity index (χ4n) is 3.19. The van der Waals surface area contributed by atoms with Crippen molar-refractivity contribution in [3.8, 4) is 17.0 Å². The number of ether oxygens (including phenoxy) is 1. The number of nitrogens with zero attached hydrogens (tertiary/aromatic N) is 3. The van der Waals surface area contributed by atoms with Crippen LogP contribution in [0.15, 0.2) is 54.7 Å². The van der Waals surface area contributed by atoms with E-state index in [-0.39, 0.29) is 5.56 Å². The molecule has 8 heteroatoms. The number of aromatic nitrogens is 3. The first-order valence-corrected chi connectivity index (χ1v) is 9.18. The summed E-state index contributed by atoms with van der Waals surface area (Å²) >= 11 is 6.03. The molecule has 3 N–H and O–H groups in total. The number of halogens is 1. The molecule has 2 aromatic carbocycles. The van der Waals surface area contributed by atoms with Crippen molar-refractivity contribution in [3.05, 3.63) is 65.3 Å². The highest BCUT2D eigenvalue weighted by Gasteiger charge is 2.21. The van der Waals surface area contributed by atoms with Gasteiger partial charge < -0.3 is 15.8 Å². The predicted octanol–water partition coefficient (Wildman–Crippen LogP) is 4.14. The maximum atomic E-state index is 12.2. The molecular weight excluding hydrogens is 390 g/mol. The van der Waals surface area contributed by atoms with Crippen LogP contribution in [-0.2, 0) is 7.05 Å². The van der Waals surface area contributed by atoms with Gasteiger partial charge in [0.1, 0.15) is 11.4 Å². The van der Waals surface area contributed by atoms with Crippen LogP contribution in [-0.4, -0.2) is 27.8 Å². The maximum Gasteiger partial charge on any atom is 0.252 e. The van der Waals surface area contributed by atoms with Crippen LogP contribution in [0.4, 0.5) is 11.4 Å². The molecule has 0 spiro atoms. The summed E-state index contributed by atoms with van der Waals surface area (Å²) in [7, 11) is 3.40. The van der Waals surface area contributed by atoms with Crippen LogP contribution in [0.25, 0.3) is 22.3 Å². The van der Waals surface area contributed by atoms with Crippen molar-refractivity contribution in [2.24, 2.45) is 12.8 Å². The molecule has 29 heavy (non-hydrogen) atoms. The van der Waals surface area contributed by atoms with Gasteiger partial charge in [0.25, 0.3) is 5.91 Å². The van der Waals surface area contributed by atoms with Crippen molar-refractivity contribution < 1.29 is 9.53 Å². The van der Waals surface area contributed by atoms with Crippen molar-refractivity contribution in [2.75, 3.05) is 12.4 Å². The topological polar surface area (TPSA) is 95.1 Å². The minimum absolute atomic E-state index is 0.267. The minimum atomic E-state index is -0.587. The Kier molecular flexibility index (Phi) is 4.82. The molecule has 0 saturated heterocycles. The lowest BCUT2D eigenvalue weighted by atomic mass is 10.0. The van der Waals surface area contributed by atoms with Gasteiger partial charge in [-0.05, 0) is 24.3 Å². The summed E-state index contributed by atoms with van der Waals surface area (Å²) in [6.45, 7) is 0. The largest absolute Gasteiger partial charge is 0.497 e. The molecule has 4 rings (SSSR count). The molecule has 1 amide bonds. The smallest absolute Gasteiger partial charge is 0.252 e. The van der Waals surface area contributed by atoms with Crippen molar-refractivity contribution >= 4 is 39.9 Å². The molecule has 0 fully saturated rings. The molecule has 0 saturated carbocycles. The number of primary amides is 1. The Morgan fingerprint density at radius 2 is 1.97 bits per heavy atom. The highest BCUT2D eigenvalue weighted by molar-refractivity contribution is 6.30. The zero-order chi connectivity index (χ0) is 20.5. The first-order valence-electron chi connectivity index (χ1n) is 8.80. The van der Waals surface area contributed by atoms with E-state index in [1.165, 1.54) is 6.20 Å². The highest BCUT2D eigenvalue weighted by atomic mass is 35.5. The lowest BCUT2D eigenvalue weighted by Gasteiger charge is -2.13. The number of hydrogen-bond donors (Lipinski definition) is 2. The van der Waals surface area contributed by atoms with Gasteiger partial charge in [0.2, 0.25) is 0 Å². The Morgan fingerprint density at radius 1 is 1.21 bits per heavy atom. The summed E-state index contributed by atoms with van der Waals surface area (Å²) < 4.78 is 6.96. The molecule has 0 aliphatic heterocycles. The van der Waals surface area contributed by atoms with E-state index < -0.39 is 5.91 Å². The number of nitrogens with two attached hydrogens (primary N) is 1. The number of rotatable bonds is 5. The van der Waals surface area contributed by atoms with Crippen molar-refractivity contribution in [1.29, 1.82) is 0 Å². The third kappa shape index (κ3) is 3.48. The summed E-state index contributed by atoms with van der Waals surface area (Å²) in [6, 6.07) is 14.7. The molecule has 2 aromatic heterocycles. The molecule has 7 nitrogen and oxygen atoms in total. The van der Waals surface area contributed by atoms with Crippen molar-refractivity contribution in [3.63, 3.8) is 0 Å². The van der Waals surface area contributed by atoms with Gasteiger partial charge in [-0.1, -0.05) is 29.8 Å². The zero-order valence-corrected chi connectivity index (χ0v) is 16.6. The first-order chi connectivity index (χ1) is 14.0. The summed E-state index contributed by atoms with van der Waals surface area (Å²) in [6.07, 6.45) is 1.46. The fraction of sp³-hybridized carbons (Fsp3) is 0.0952. The normalized spacial score (nSPS) is 10.9. The maximum absolute atomic E-state index is 12.2. The van der Waals surface area contributed by atoms with E-state index in [2.05, 4.69) is 15.4 Å². The molecule has 0 aliphatic rings. The number of carbonyl (C=O) groups is 1. The number of anilines is 2. The van der Waals surface area contributed by atoms with Crippen LogP contribution in [0.1, 0.15) is 10.4 Å². The molecule has 0 radical (unpaired) electrons. The molecule has 4 aromatic rings. The number of fused-ring (bicyclic) bond motifs is 1. The van der Waals surface area contributed by atoms with Gasteiger partial charge in [0.15, 0.2) is 5.65 Å². The number of pyridine rings is 1. The van der Waals surface area contributed by atoms with E-state index in [1.54, 1.807) is 31.0 Å². The minimum Gasteiger partial charge on any atom is -0.497 e. The van der Waals surface area contributed by atoms with Gasteiger partial charge in [-0.2, -0.15) is 5.10 Å². The van der Waals surface area contributed by atoms with Crippen molar-refractivity contribution in [1.82, 2.24) is 14.8 Å². The molecular formula is C21H18ClN5O2. The molecule has 0 unspecified atom stereocenters. The third-order valence-corrected chi connectivity index (χ3v) is 4.83. The average Bonchev–Trinajstić information content (AvgIpc) is 3.06. The standard InChI is InChI=1S/C21H18ClN5O2/c1-27-21-17(18(26-27)12-6-8-13(22)9-7-12)19(16(11-24-21)20(23)28)25-14-4-3-5-15(10-14)29-2/h3-11H,1-2H3,(H2,23,28)(H,24,25). The van der Waals surface area contributed by atoms with E-state index >= 15 is 0 Å². The summed E-state index contributed by atoms with van der Waals surface area (Å²) in [4.78, 5) is 16.6. The molecule has 0 atom stereocenters. The zero-order valence-electron chi connectivity index (χ0n) is 15.8. The predicted molar refractivity (Wildman–Crippen MR) is 114 cm³/mol. The van der Waals surface area contributed by atoms with E-state index in [1.807, 2.05) is 36.4 Å². The van der Waals surface area contributed by atoms with Crippen LogP contribution >= 0.6 is 11.6 Å². The van der Waals surface area contributed by atoms with Crippen LogP contribution < -0.4 is 15.8 Å². The summed E-state index contributed by atoms with van der Waals surface area (Å²) in [5.74, 6) is 0.0979. The first kappa shape index (κ1) is 18.8. The van der Waals surface area contributed by atoms with Crippen LogP contribution in [0.5, 0.6) is 5.75 Å². The van der Waals surface area contributed by atoms with Gasteiger partial charge in [0.05, 0.1) is 23.7 Å². The summed E-state index contributed by atoms with van der Waals surface area (Å²) in [5.41, 5.74) is 9.31. The third-order valence-electron chi connectivity index (χ3n) is 4.57. The monoisotopic (exact) mass is 407 g/mol. The number of methoxy groups -OCH3 is 1. The average molecular weight is 408 g/mol. The molecule has 0 aliphatic carbocycles. The lowest BCUT2D eigenvalue weighted by molar-refractivity contribution is 0.100. The second-order valence-electron chi connectivity index (χ2n) is 6.45.